The molecule has 1 aliphatic heterocycles. The Kier molecular flexibility index (Phi) is 5.16. The van der Waals surface area contributed by atoms with Gasteiger partial charge in [-0.3, -0.25) is 9.69 Å². The van der Waals surface area contributed by atoms with E-state index < -0.39 is 11.6 Å². The molecule has 146 valence electrons. The summed E-state index contributed by atoms with van der Waals surface area (Å²) in [5, 5.41) is 10.6. The van der Waals surface area contributed by atoms with Crippen LogP contribution in [0, 0.1) is 11.6 Å². The van der Waals surface area contributed by atoms with E-state index in [1.165, 1.54) is 0 Å². The van der Waals surface area contributed by atoms with Gasteiger partial charge in [0.1, 0.15) is 17.9 Å². The van der Waals surface area contributed by atoms with E-state index >= 15 is 0 Å². The van der Waals surface area contributed by atoms with Gasteiger partial charge in [0.05, 0.1) is 24.1 Å². The van der Waals surface area contributed by atoms with E-state index in [9.17, 15) is 13.6 Å². The van der Waals surface area contributed by atoms with Crippen molar-refractivity contribution < 1.29 is 22.4 Å². The van der Waals surface area contributed by atoms with E-state index in [2.05, 4.69) is 15.5 Å². The topological polar surface area (TPSA) is 84.4 Å². The van der Waals surface area contributed by atoms with E-state index in [4.69, 9.17) is 8.83 Å². The maximum absolute atomic E-state index is 13.6. The molecule has 0 spiro atoms. The molecule has 3 heterocycles. The summed E-state index contributed by atoms with van der Waals surface area (Å²) in [7, 11) is 0. The Hall–Kier alpha value is -3.07. The molecule has 0 atom stereocenters. The summed E-state index contributed by atoms with van der Waals surface area (Å²) < 4.78 is 37.6. The lowest BCUT2D eigenvalue weighted by Gasteiger charge is -2.29. The molecule has 0 bridgehead atoms. The SMILES string of the molecule is O=C(CN1CCC(c2nnc(-c3ccoc3)o2)CC1)Nc1cc(F)ccc1F. The highest BCUT2D eigenvalue weighted by molar-refractivity contribution is 5.92. The zero-order valence-electron chi connectivity index (χ0n) is 14.9. The molecule has 0 saturated carbocycles. The summed E-state index contributed by atoms with van der Waals surface area (Å²) in [6.45, 7) is 1.42. The first-order chi connectivity index (χ1) is 13.6. The van der Waals surface area contributed by atoms with Crippen molar-refractivity contribution >= 4 is 11.6 Å². The fraction of sp³-hybridized carbons (Fsp3) is 0.316. The molecule has 1 aliphatic rings. The molecular formula is C19H18F2N4O3. The average Bonchev–Trinajstić information content (AvgIpc) is 3.37. The largest absolute Gasteiger partial charge is 0.472 e. The van der Waals surface area contributed by atoms with Crippen LogP contribution in [0.4, 0.5) is 14.5 Å². The number of hydrogen-bond acceptors (Lipinski definition) is 6. The quantitative estimate of drug-likeness (QED) is 0.721. The second-order valence-electron chi connectivity index (χ2n) is 6.68. The van der Waals surface area contributed by atoms with Crippen LogP contribution in [0.3, 0.4) is 0 Å². The molecular weight excluding hydrogens is 370 g/mol. The molecule has 1 fully saturated rings. The first-order valence-corrected chi connectivity index (χ1v) is 8.92. The number of piperidine rings is 1. The summed E-state index contributed by atoms with van der Waals surface area (Å²) in [6.07, 6.45) is 4.60. The Balaban J connectivity index is 1.29. The summed E-state index contributed by atoms with van der Waals surface area (Å²) in [5.41, 5.74) is 0.579. The number of halogens is 2. The lowest BCUT2D eigenvalue weighted by atomic mass is 9.97. The Labute approximate surface area is 159 Å². The van der Waals surface area contributed by atoms with Crippen molar-refractivity contribution in [1.29, 1.82) is 0 Å². The molecule has 0 radical (unpaired) electrons. The number of benzene rings is 1. The highest BCUT2D eigenvalue weighted by atomic mass is 19.1. The molecule has 1 N–H and O–H groups in total. The van der Waals surface area contributed by atoms with Crippen LogP contribution in [0.15, 0.2) is 45.6 Å². The van der Waals surface area contributed by atoms with Crippen LogP contribution in [0.5, 0.6) is 0 Å². The molecule has 2 aromatic heterocycles. The number of aromatic nitrogens is 2. The lowest BCUT2D eigenvalue weighted by Crippen LogP contribution is -2.38. The van der Waals surface area contributed by atoms with Crippen molar-refractivity contribution in [2.24, 2.45) is 0 Å². The number of nitrogens with one attached hydrogen (secondary N) is 1. The van der Waals surface area contributed by atoms with Crippen LogP contribution in [0.1, 0.15) is 24.7 Å². The van der Waals surface area contributed by atoms with Crippen LogP contribution >= 0.6 is 0 Å². The molecule has 1 amide bonds. The third-order valence-electron chi connectivity index (χ3n) is 4.72. The maximum atomic E-state index is 13.6. The Morgan fingerprint density at radius 2 is 2.04 bits per heavy atom. The van der Waals surface area contributed by atoms with Crippen molar-refractivity contribution in [2.45, 2.75) is 18.8 Å². The van der Waals surface area contributed by atoms with Gasteiger partial charge in [0.2, 0.25) is 11.8 Å². The number of rotatable bonds is 5. The van der Waals surface area contributed by atoms with Gasteiger partial charge in [0.15, 0.2) is 0 Å². The monoisotopic (exact) mass is 388 g/mol. The Bertz CT molecular complexity index is 950. The van der Waals surface area contributed by atoms with E-state index in [1.807, 2.05) is 4.90 Å². The molecule has 7 nitrogen and oxygen atoms in total. The predicted molar refractivity (Wildman–Crippen MR) is 95.4 cm³/mol. The van der Waals surface area contributed by atoms with Crippen molar-refractivity contribution in [3.63, 3.8) is 0 Å². The van der Waals surface area contributed by atoms with Gasteiger partial charge in [-0.05, 0) is 44.1 Å². The van der Waals surface area contributed by atoms with Gasteiger partial charge >= 0.3 is 0 Å². The van der Waals surface area contributed by atoms with Crippen molar-refractivity contribution in [2.75, 3.05) is 25.0 Å². The molecule has 1 aromatic carbocycles. The number of likely N-dealkylation sites (tertiary alicyclic amines) is 1. The molecule has 3 aromatic rings. The average molecular weight is 388 g/mol. The number of carbonyl (C=O) groups excluding carboxylic acids is 1. The van der Waals surface area contributed by atoms with Gasteiger partial charge in [-0.15, -0.1) is 10.2 Å². The number of anilines is 1. The van der Waals surface area contributed by atoms with Crippen molar-refractivity contribution in [3.05, 3.63) is 54.3 Å². The molecule has 28 heavy (non-hydrogen) atoms. The van der Waals surface area contributed by atoms with Crippen molar-refractivity contribution in [1.82, 2.24) is 15.1 Å². The molecule has 9 heteroatoms. The van der Waals surface area contributed by atoms with E-state index in [-0.39, 0.29) is 24.1 Å². The third-order valence-corrected chi connectivity index (χ3v) is 4.72. The number of furan rings is 1. The molecule has 0 aliphatic carbocycles. The van der Waals surface area contributed by atoms with E-state index in [0.717, 1.165) is 36.6 Å². The van der Waals surface area contributed by atoms with Gasteiger partial charge in [-0.2, -0.15) is 0 Å². The second kappa shape index (κ2) is 7.89. The predicted octanol–water partition coefficient (Wildman–Crippen LogP) is 3.43. The van der Waals surface area contributed by atoms with Gasteiger partial charge in [-0.25, -0.2) is 8.78 Å². The van der Waals surface area contributed by atoms with E-state index in [0.29, 0.717) is 24.9 Å². The fourth-order valence-electron chi connectivity index (χ4n) is 3.23. The highest BCUT2D eigenvalue weighted by Gasteiger charge is 2.26. The maximum Gasteiger partial charge on any atom is 0.250 e. The number of nitrogens with zero attached hydrogens (tertiary/aromatic N) is 3. The standard InChI is InChI=1S/C19H18F2N4O3/c20-14-1-2-15(21)16(9-14)22-17(26)10-25-6-3-12(4-7-25)18-23-24-19(28-18)13-5-8-27-11-13/h1-2,5,8-9,11-12H,3-4,6-7,10H2,(H,22,26). The van der Waals surface area contributed by atoms with Crippen LogP contribution in [0.2, 0.25) is 0 Å². The van der Waals surface area contributed by atoms with Crippen LogP contribution in [0.25, 0.3) is 11.5 Å². The summed E-state index contributed by atoms with van der Waals surface area (Å²) in [4.78, 5) is 14.1. The van der Waals surface area contributed by atoms with Gasteiger partial charge in [0.25, 0.3) is 5.89 Å². The normalized spacial score (nSPS) is 15.6. The minimum Gasteiger partial charge on any atom is -0.472 e. The third kappa shape index (κ3) is 4.09. The number of hydrogen-bond donors (Lipinski definition) is 1. The zero-order chi connectivity index (χ0) is 19.5. The van der Waals surface area contributed by atoms with E-state index in [1.54, 1.807) is 18.6 Å². The minimum absolute atomic E-state index is 0.104. The second-order valence-corrected chi connectivity index (χ2v) is 6.68. The zero-order valence-corrected chi connectivity index (χ0v) is 14.9. The molecule has 0 unspecified atom stereocenters. The highest BCUT2D eigenvalue weighted by Crippen LogP contribution is 2.29. The summed E-state index contributed by atoms with van der Waals surface area (Å²) in [6, 6.07) is 4.70. The smallest absolute Gasteiger partial charge is 0.250 e. The lowest BCUT2D eigenvalue weighted by molar-refractivity contribution is -0.117. The number of amides is 1. The first-order valence-electron chi connectivity index (χ1n) is 8.92. The summed E-state index contributed by atoms with van der Waals surface area (Å²) in [5.74, 6) is -0.550. The van der Waals surface area contributed by atoms with Crippen LogP contribution < -0.4 is 5.32 Å². The van der Waals surface area contributed by atoms with Gasteiger partial charge in [0, 0.05) is 12.0 Å². The van der Waals surface area contributed by atoms with Gasteiger partial charge in [-0.1, -0.05) is 0 Å². The van der Waals surface area contributed by atoms with Crippen LogP contribution in [-0.2, 0) is 4.79 Å². The summed E-state index contributed by atoms with van der Waals surface area (Å²) >= 11 is 0. The first kappa shape index (κ1) is 18.3. The minimum atomic E-state index is -0.668. The Morgan fingerprint density at radius 1 is 1.21 bits per heavy atom. The molecule has 1 saturated heterocycles. The molecule has 4 rings (SSSR count). The van der Waals surface area contributed by atoms with Gasteiger partial charge < -0.3 is 14.2 Å². The fourth-order valence-corrected chi connectivity index (χ4v) is 3.23. The van der Waals surface area contributed by atoms with Crippen LogP contribution in [-0.4, -0.2) is 40.6 Å². The van der Waals surface area contributed by atoms with Crippen molar-refractivity contribution in [3.8, 4) is 11.5 Å². The Morgan fingerprint density at radius 3 is 2.79 bits per heavy atom. The number of carbonyl (C=O) groups is 1.